The van der Waals surface area contributed by atoms with E-state index in [1.807, 2.05) is 0 Å². The summed E-state index contributed by atoms with van der Waals surface area (Å²) in [6.07, 6.45) is 8.06. The molecule has 8 nitrogen and oxygen atoms in total. The van der Waals surface area contributed by atoms with Crippen molar-refractivity contribution in [3.05, 3.63) is 60.7 Å². The molecule has 0 N–H and O–H groups in total. The minimum Gasteiger partial charge on any atom is -0.744 e. The molecule has 0 unspecified atom stereocenters. The minimum absolute atomic E-state index is 0. The van der Waals surface area contributed by atoms with Gasteiger partial charge >= 0.3 is 37.7 Å². The van der Waals surface area contributed by atoms with Crippen molar-refractivity contribution in [1.29, 1.82) is 0 Å². The summed E-state index contributed by atoms with van der Waals surface area (Å²) < 4.78 is 83.3. The summed E-state index contributed by atoms with van der Waals surface area (Å²) >= 11 is 0. The fourth-order valence-corrected chi connectivity index (χ4v) is 6.08. The molecule has 4 rings (SSSR count). The van der Waals surface area contributed by atoms with Gasteiger partial charge in [-0.15, -0.1) is 0 Å². The van der Waals surface area contributed by atoms with Crippen molar-refractivity contribution in [3.8, 4) is 22.6 Å². The van der Waals surface area contributed by atoms with Crippen molar-refractivity contribution in [1.82, 2.24) is 0 Å². The van der Waals surface area contributed by atoms with E-state index in [1.165, 1.54) is 24.3 Å². The van der Waals surface area contributed by atoms with E-state index in [2.05, 4.69) is 13.8 Å². The van der Waals surface area contributed by atoms with E-state index in [-0.39, 0.29) is 47.5 Å². The van der Waals surface area contributed by atoms with Gasteiger partial charge < -0.3 is 18.6 Å². The molecule has 0 saturated heterocycles. The molecular weight excluding hydrogens is 590 g/mol. The molecule has 0 aliphatic carbocycles. The van der Waals surface area contributed by atoms with Crippen LogP contribution in [-0.2, 0) is 20.2 Å². The van der Waals surface area contributed by atoms with E-state index in [0.29, 0.717) is 57.4 Å². The predicted molar refractivity (Wildman–Crippen MR) is 162 cm³/mol. The number of hydrogen-bond donors (Lipinski definition) is 0. The van der Waals surface area contributed by atoms with Gasteiger partial charge in [0.2, 0.25) is 0 Å². The van der Waals surface area contributed by atoms with Gasteiger partial charge in [0.25, 0.3) is 0 Å². The molecular formula is C32H36Li2O8S2. The molecule has 4 aromatic rings. The first-order valence-corrected chi connectivity index (χ1v) is 17.2. The van der Waals surface area contributed by atoms with Crippen molar-refractivity contribution >= 4 is 41.8 Å². The zero-order valence-electron chi connectivity index (χ0n) is 25.9. The van der Waals surface area contributed by atoms with Crippen LogP contribution in [0.4, 0.5) is 0 Å². The van der Waals surface area contributed by atoms with E-state index >= 15 is 0 Å². The Kier molecular flexibility index (Phi) is 14.8. The maximum atomic E-state index is 11.8. The van der Waals surface area contributed by atoms with Crippen LogP contribution in [0.5, 0.6) is 11.5 Å². The first-order chi connectivity index (χ1) is 20.0. The molecule has 0 spiro atoms. The standard InChI is InChI=1S/C32H38O8S2.2Li/c1-3-5-7-9-19-39-29-17-11-23-21-25(41(33,34)35)13-15-27(23)31(29)32-28-16-14-26(42(36,37)38)22-24(28)12-18-30(32)40-20-10-8-6-4-2;;/h11-18,21-22H,3-10,19-20H2,1-2H3,(H,33,34,35)(H,36,37,38);;/q;2*+1/p-2. The van der Waals surface area contributed by atoms with Gasteiger partial charge in [0, 0.05) is 11.1 Å². The summed E-state index contributed by atoms with van der Waals surface area (Å²) in [7, 11) is -9.36. The Hall–Kier alpha value is -1.99. The van der Waals surface area contributed by atoms with Crippen LogP contribution in [0.3, 0.4) is 0 Å². The Morgan fingerprint density at radius 1 is 0.545 bits per heavy atom. The first kappa shape index (κ1) is 38.2. The normalized spacial score (nSPS) is 11.6. The van der Waals surface area contributed by atoms with Gasteiger partial charge in [-0.1, -0.05) is 76.6 Å². The number of benzene rings is 4. The van der Waals surface area contributed by atoms with Crippen LogP contribution >= 0.6 is 0 Å². The van der Waals surface area contributed by atoms with Gasteiger partial charge in [0.05, 0.1) is 23.0 Å². The van der Waals surface area contributed by atoms with E-state index in [9.17, 15) is 25.9 Å². The molecule has 0 amide bonds. The van der Waals surface area contributed by atoms with Gasteiger partial charge in [-0.3, -0.25) is 0 Å². The maximum Gasteiger partial charge on any atom is 1.00 e. The van der Waals surface area contributed by atoms with E-state index < -0.39 is 20.2 Å². The molecule has 44 heavy (non-hydrogen) atoms. The smallest absolute Gasteiger partial charge is 0.744 e. The number of rotatable bonds is 15. The zero-order chi connectivity index (χ0) is 30.3. The monoisotopic (exact) mass is 626 g/mol. The average Bonchev–Trinajstić information content (AvgIpc) is 2.95. The Labute approximate surface area is 284 Å². The van der Waals surface area contributed by atoms with Crippen LogP contribution in [0.15, 0.2) is 70.5 Å². The molecule has 0 bridgehead atoms. The molecule has 4 aromatic carbocycles. The van der Waals surface area contributed by atoms with Gasteiger partial charge in [0.1, 0.15) is 31.7 Å². The second-order valence-corrected chi connectivity index (χ2v) is 13.1. The molecule has 0 heterocycles. The molecule has 0 aromatic heterocycles. The number of unbranched alkanes of at least 4 members (excludes halogenated alkanes) is 6. The molecule has 0 aliphatic rings. The van der Waals surface area contributed by atoms with Crippen LogP contribution < -0.4 is 47.2 Å². The second-order valence-electron chi connectivity index (χ2n) is 10.4. The summed E-state index contributed by atoms with van der Waals surface area (Å²) in [5, 5.41) is 2.31. The minimum atomic E-state index is -4.68. The molecule has 0 radical (unpaired) electrons. The van der Waals surface area contributed by atoms with Gasteiger partial charge in [-0.05, 0) is 70.8 Å². The third-order valence-electron chi connectivity index (χ3n) is 7.24. The van der Waals surface area contributed by atoms with Crippen molar-refractivity contribution in [3.63, 3.8) is 0 Å². The van der Waals surface area contributed by atoms with Crippen LogP contribution in [0.25, 0.3) is 32.7 Å². The number of ether oxygens (including phenoxy) is 2. The second kappa shape index (κ2) is 17.1. The number of hydrogen-bond acceptors (Lipinski definition) is 8. The Balaban J connectivity index is 0.00000337. The summed E-state index contributed by atoms with van der Waals surface area (Å²) in [6.45, 7) is 5.18. The Bertz CT molecular complexity index is 1640. The first-order valence-electron chi connectivity index (χ1n) is 14.4. The van der Waals surface area contributed by atoms with Gasteiger partial charge in [-0.2, -0.15) is 0 Å². The molecule has 0 saturated carbocycles. The maximum absolute atomic E-state index is 11.8. The fourth-order valence-electron chi connectivity index (χ4n) is 5.07. The van der Waals surface area contributed by atoms with E-state index in [1.54, 1.807) is 36.4 Å². The van der Waals surface area contributed by atoms with Gasteiger partial charge in [-0.25, -0.2) is 16.8 Å². The van der Waals surface area contributed by atoms with Crippen molar-refractivity contribution < 1.29 is 73.1 Å². The van der Waals surface area contributed by atoms with Crippen LogP contribution in [-0.4, -0.2) is 39.2 Å². The summed E-state index contributed by atoms with van der Waals surface area (Å²) in [4.78, 5) is -0.686. The average molecular weight is 627 g/mol. The quantitative estimate of drug-likeness (QED) is 0.110. The topological polar surface area (TPSA) is 133 Å². The molecule has 0 fully saturated rings. The van der Waals surface area contributed by atoms with Crippen molar-refractivity contribution in [2.75, 3.05) is 13.2 Å². The van der Waals surface area contributed by atoms with E-state index in [0.717, 1.165) is 51.4 Å². The number of fused-ring (bicyclic) bond motifs is 2. The van der Waals surface area contributed by atoms with Crippen LogP contribution in [0, 0.1) is 0 Å². The van der Waals surface area contributed by atoms with Crippen LogP contribution in [0.2, 0.25) is 0 Å². The summed E-state index contributed by atoms with van der Waals surface area (Å²) in [6, 6.07) is 15.3. The Morgan fingerprint density at radius 3 is 1.27 bits per heavy atom. The zero-order valence-corrected chi connectivity index (χ0v) is 27.6. The molecule has 0 aliphatic heterocycles. The van der Waals surface area contributed by atoms with Gasteiger partial charge in [0.15, 0.2) is 0 Å². The van der Waals surface area contributed by atoms with E-state index in [4.69, 9.17) is 9.47 Å². The van der Waals surface area contributed by atoms with Crippen LogP contribution in [0.1, 0.15) is 65.2 Å². The van der Waals surface area contributed by atoms with Crippen molar-refractivity contribution in [2.24, 2.45) is 0 Å². The largest absolute Gasteiger partial charge is 1.00 e. The Morgan fingerprint density at radius 2 is 0.932 bits per heavy atom. The molecule has 0 atom stereocenters. The van der Waals surface area contributed by atoms with Crippen molar-refractivity contribution in [2.45, 2.75) is 75.0 Å². The molecule has 226 valence electrons. The SMILES string of the molecule is CCCCCCOc1ccc2cc(S(=O)(=O)[O-])ccc2c1-c1c(OCCCCCC)ccc2cc(S(=O)(=O)[O-])ccc12.[Li+].[Li+]. The predicted octanol–water partition coefficient (Wildman–Crippen LogP) is 1.39. The summed E-state index contributed by atoms with van der Waals surface area (Å²) in [5.41, 5.74) is 1.26. The third-order valence-corrected chi connectivity index (χ3v) is 8.91. The third kappa shape index (κ3) is 9.51. The molecule has 12 heteroatoms. The summed E-state index contributed by atoms with van der Waals surface area (Å²) in [5.74, 6) is 1.08. The fraction of sp³-hybridized carbons (Fsp3) is 0.375.